The number of benzene rings is 1. The van der Waals surface area contributed by atoms with E-state index in [1.807, 2.05) is 13.8 Å². The summed E-state index contributed by atoms with van der Waals surface area (Å²) < 4.78 is 52.0. The van der Waals surface area contributed by atoms with Gasteiger partial charge >= 0.3 is 0 Å². The molecule has 1 rings (SSSR count). The van der Waals surface area contributed by atoms with Gasteiger partial charge in [-0.25, -0.2) is 21.5 Å². The Bertz CT molecular complexity index is 567. The number of nitrogens with two attached hydrogens (primary N) is 1. The molecule has 21 heavy (non-hydrogen) atoms. The lowest BCUT2D eigenvalue weighted by Gasteiger charge is -2.21. The molecule has 8 heteroatoms. The molecule has 0 aromatic heterocycles. The Kier molecular flexibility index (Phi) is 7.74. The zero-order valence-electron chi connectivity index (χ0n) is 12.2. The highest BCUT2D eigenvalue weighted by Gasteiger charge is 2.26. The fraction of sp³-hybridized carbons (Fsp3) is 0.538. The minimum Gasteiger partial charge on any atom is -0.327 e. The van der Waals surface area contributed by atoms with Crippen LogP contribution in [-0.4, -0.2) is 32.4 Å². The molecule has 0 bridgehead atoms. The number of sulfonamides is 1. The maximum absolute atomic E-state index is 13.6. The van der Waals surface area contributed by atoms with E-state index in [9.17, 15) is 17.2 Å². The Hall–Kier alpha value is -0.760. The smallest absolute Gasteiger partial charge is 0.245 e. The number of rotatable bonds is 6. The first-order chi connectivity index (χ1) is 9.17. The van der Waals surface area contributed by atoms with Crippen LogP contribution in [0.1, 0.15) is 20.3 Å². The van der Waals surface area contributed by atoms with E-state index in [0.29, 0.717) is 6.42 Å². The molecule has 1 atom stereocenters. The Morgan fingerprint density at radius 1 is 1.29 bits per heavy atom. The van der Waals surface area contributed by atoms with Gasteiger partial charge in [-0.3, -0.25) is 0 Å². The number of hydrogen-bond donors (Lipinski definition) is 1. The van der Waals surface area contributed by atoms with Crippen LogP contribution in [0.25, 0.3) is 0 Å². The summed E-state index contributed by atoms with van der Waals surface area (Å²) >= 11 is 0. The summed E-state index contributed by atoms with van der Waals surface area (Å²) in [5.74, 6) is -2.32. The van der Waals surface area contributed by atoms with E-state index in [1.165, 1.54) is 13.1 Å². The van der Waals surface area contributed by atoms with Crippen LogP contribution >= 0.6 is 12.4 Å². The average molecular weight is 343 g/mol. The molecule has 0 spiro atoms. The van der Waals surface area contributed by atoms with Crippen LogP contribution < -0.4 is 5.73 Å². The first-order valence-electron chi connectivity index (χ1n) is 6.34. The molecule has 1 aromatic rings. The summed E-state index contributed by atoms with van der Waals surface area (Å²) in [6.45, 7) is 4.02. The van der Waals surface area contributed by atoms with Crippen LogP contribution in [0, 0.1) is 17.6 Å². The molecule has 0 heterocycles. The monoisotopic (exact) mass is 342 g/mol. The summed E-state index contributed by atoms with van der Waals surface area (Å²) in [4.78, 5) is -0.655. The number of halogens is 3. The van der Waals surface area contributed by atoms with Gasteiger partial charge in [0.25, 0.3) is 0 Å². The minimum atomic E-state index is -4.05. The van der Waals surface area contributed by atoms with Gasteiger partial charge in [-0.15, -0.1) is 12.4 Å². The summed E-state index contributed by atoms with van der Waals surface area (Å²) in [6.07, 6.45) is 0.449. The molecule has 1 aromatic carbocycles. The van der Waals surface area contributed by atoms with E-state index in [2.05, 4.69) is 0 Å². The van der Waals surface area contributed by atoms with E-state index in [-0.39, 0.29) is 30.9 Å². The molecule has 0 amide bonds. The molecule has 0 aliphatic heterocycles. The van der Waals surface area contributed by atoms with Gasteiger partial charge in [0.2, 0.25) is 10.0 Å². The van der Waals surface area contributed by atoms with Crippen molar-refractivity contribution < 1.29 is 17.2 Å². The van der Waals surface area contributed by atoms with E-state index >= 15 is 0 Å². The molecular weight excluding hydrogens is 322 g/mol. The molecule has 0 radical (unpaired) electrons. The van der Waals surface area contributed by atoms with Crippen LogP contribution in [0.3, 0.4) is 0 Å². The van der Waals surface area contributed by atoms with E-state index < -0.39 is 26.6 Å². The maximum Gasteiger partial charge on any atom is 0.245 e. The third kappa shape index (κ3) is 4.88. The molecule has 2 N–H and O–H groups in total. The Balaban J connectivity index is 0.00000400. The van der Waals surface area contributed by atoms with Crippen molar-refractivity contribution in [3.8, 4) is 0 Å². The topological polar surface area (TPSA) is 63.4 Å². The van der Waals surface area contributed by atoms with Crippen molar-refractivity contribution >= 4 is 22.4 Å². The van der Waals surface area contributed by atoms with Gasteiger partial charge in [0.1, 0.15) is 4.90 Å². The molecule has 1 unspecified atom stereocenters. The van der Waals surface area contributed by atoms with Gasteiger partial charge < -0.3 is 5.73 Å². The van der Waals surface area contributed by atoms with Crippen molar-refractivity contribution in [3.63, 3.8) is 0 Å². The predicted molar refractivity (Wildman–Crippen MR) is 80.9 cm³/mol. The lowest BCUT2D eigenvalue weighted by atomic mass is 10.0. The minimum absolute atomic E-state index is 0. The largest absolute Gasteiger partial charge is 0.327 e. The fourth-order valence-corrected chi connectivity index (χ4v) is 2.89. The SMILES string of the molecule is CC(C)C(N)CCN(C)S(=O)(=O)c1cccc(F)c1F.Cl. The first kappa shape index (κ1) is 20.2. The summed E-state index contributed by atoms with van der Waals surface area (Å²) in [6, 6.07) is 2.94. The zero-order valence-corrected chi connectivity index (χ0v) is 13.8. The van der Waals surface area contributed by atoms with Crippen molar-refractivity contribution in [1.29, 1.82) is 0 Å². The third-order valence-corrected chi connectivity index (χ3v) is 5.11. The van der Waals surface area contributed by atoms with Gasteiger partial charge in [0, 0.05) is 19.6 Å². The Morgan fingerprint density at radius 2 is 1.86 bits per heavy atom. The van der Waals surface area contributed by atoms with Crippen molar-refractivity contribution in [2.24, 2.45) is 11.7 Å². The second-order valence-corrected chi connectivity index (χ2v) is 7.09. The zero-order chi connectivity index (χ0) is 15.5. The van der Waals surface area contributed by atoms with Crippen LogP contribution in [0.5, 0.6) is 0 Å². The third-order valence-electron chi connectivity index (χ3n) is 3.24. The lowest BCUT2D eigenvalue weighted by Crippen LogP contribution is -2.35. The van der Waals surface area contributed by atoms with Gasteiger partial charge in [0.15, 0.2) is 11.6 Å². The summed E-state index contributed by atoms with van der Waals surface area (Å²) in [7, 11) is -2.72. The van der Waals surface area contributed by atoms with Gasteiger partial charge in [0.05, 0.1) is 0 Å². The second-order valence-electron chi connectivity index (χ2n) is 5.08. The Labute approximate surface area is 130 Å². The van der Waals surface area contributed by atoms with Crippen LogP contribution in [0.15, 0.2) is 23.1 Å². The molecule has 122 valence electrons. The van der Waals surface area contributed by atoms with E-state index in [0.717, 1.165) is 16.4 Å². The number of hydrogen-bond acceptors (Lipinski definition) is 3. The highest BCUT2D eigenvalue weighted by Crippen LogP contribution is 2.20. The molecule has 4 nitrogen and oxygen atoms in total. The van der Waals surface area contributed by atoms with E-state index in [4.69, 9.17) is 5.73 Å². The van der Waals surface area contributed by atoms with Gasteiger partial charge in [-0.1, -0.05) is 19.9 Å². The second kappa shape index (κ2) is 8.03. The normalized spacial score (nSPS) is 13.3. The Morgan fingerprint density at radius 3 is 2.38 bits per heavy atom. The highest BCUT2D eigenvalue weighted by molar-refractivity contribution is 7.89. The highest BCUT2D eigenvalue weighted by atomic mass is 35.5. The summed E-state index contributed by atoms with van der Waals surface area (Å²) in [5, 5.41) is 0. The van der Waals surface area contributed by atoms with Gasteiger partial charge in [-0.05, 0) is 24.5 Å². The predicted octanol–water partition coefficient (Wildman–Crippen LogP) is 2.38. The van der Waals surface area contributed by atoms with Crippen molar-refractivity contribution in [2.45, 2.75) is 31.2 Å². The van der Waals surface area contributed by atoms with Crippen LogP contribution in [0.2, 0.25) is 0 Å². The van der Waals surface area contributed by atoms with Crippen molar-refractivity contribution in [3.05, 3.63) is 29.8 Å². The molecule has 0 saturated heterocycles. The first-order valence-corrected chi connectivity index (χ1v) is 7.78. The van der Waals surface area contributed by atoms with Crippen LogP contribution in [-0.2, 0) is 10.0 Å². The molecule has 0 aliphatic rings. The van der Waals surface area contributed by atoms with Gasteiger partial charge in [-0.2, -0.15) is 0 Å². The standard InChI is InChI=1S/C13H20F2N2O2S.ClH/c1-9(2)11(16)7-8-17(3)20(18,19)12-6-4-5-10(14)13(12)15;/h4-6,9,11H,7-8,16H2,1-3H3;1H. The van der Waals surface area contributed by atoms with E-state index in [1.54, 1.807) is 0 Å². The lowest BCUT2D eigenvalue weighted by molar-refractivity contribution is 0.394. The molecule has 0 aliphatic carbocycles. The summed E-state index contributed by atoms with van der Waals surface area (Å²) in [5.41, 5.74) is 5.85. The molecule has 0 fully saturated rings. The van der Waals surface area contributed by atoms with Crippen LogP contribution in [0.4, 0.5) is 8.78 Å². The molecule has 0 saturated carbocycles. The number of nitrogens with zero attached hydrogens (tertiary/aromatic N) is 1. The molecular formula is C13H21ClF2N2O2S. The van der Waals surface area contributed by atoms with Crippen molar-refractivity contribution in [1.82, 2.24) is 4.31 Å². The quantitative estimate of drug-likeness (QED) is 0.863. The van der Waals surface area contributed by atoms with Crippen molar-refractivity contribution in [2.75, 3.05) is 13.6 Å². The average Bonchev–Trinajstić information content (AvgIpc) is 2.38. The fourth-order valence-electron chi connectivity index (χ4n) is 1.64. The maximum atomic E-state index is 13.6.